The van der Waals surface area contributed by atoms with Crippen molar-refractivity contribution in [2.24, 2.45) is 10.7 Å². The van der Waals surface area contributed by atoms with E-state index in [2.05, 4.69) is 56.6 Å². The average Bonchev–Trinajstić information content (AvgIpc) is 2.96. The Balaban J connectivity index is 1.70. The molecule has 0 spiro atoms. The van der Waals surface area contributed by atoms with Crippen molar-refractivity contribution in [1.29, 1.82) is 0 Å². The quantitative estimate of drug-likeness (QED) is 0.508. The Morgan fingerprint density at radius 1 is 1.04 bits per heavy atom. The van der Waals surface area contributed by atoms with Crippen LogP contribution in [0.15, 0.2) is 64.1 Å². The van der Waals surface area contributed by atoms with Crippen molar-refractivity contribution >= 4 is 44.0 Å². The number of nitrogens with one attached hydrogen (secondary N) is 1. The van der Waals surface area contributed by atoms with Gasteiger partial charge in [-0.25, -0.2) is 4.99 Å². The van der Waals surface area contributed by atoms with Gasteiger partial charge < -0.3 is 11.1 Å². The van der Waals surface area contributed by atoms with Gasteiger partial charge in [0.15, 0.2) is 5.96 Å². The predicted octanol–water partition coefficient (Wildman–Crippen LogP) is 4.76. The van der Waals surface area contributed by atoms with E-state index in [4.69, 9.17) is 5.73 Å². The Hall–Kier alpha value is -2.33. The lowest BCUT2D eigenvalue weighted by Crippen LogP contribution is -2.22. The third kappa shape index (κ3) is 2.70. The van der Waals surface area contributed by atoms with Gasteiger partial charge in [0.2, 0.25) is 0 Å². The van der Waals surface area contributed by atoms with Gasteiger partial charge in [0, 0.05) is 10.2 Å². The van der Waals surface area contributed by atoms with Gasteiger partial charge in [0.1, 0.15) is 0 Å². The first kappa shape index (κ1) is 14.3. The summed E-state index contributed by atoms with van der Waals surface area (Å²) in [7, 11) is 0. The number of nitrogens with zero attached hydrogens (tertiary/aromatic N) is 1. The molecule has 0 heterocycles. The lowest BCUT2D eigenvalue weighted by Gasteiger charge is -2.08. The summed E-state index contributed by atoms with van der Waals surface area (Å²) in [6.45, 7) is 0. The first-order valence-corrected chi connectivity index (χ1v) is 8.40. The fraction of sp³-hybridized carbons (Fsp3) is 0.105. The highest BCUT2D eigenvalue weighted by Gasteiger charge is 2.17. The molecule has 4 heteroatoms. The lowest BCUT2D eigenvalue weighted by molar-refractivity contribution is 1.02. The minimum atomic E-state index is 0.406. The number of hydrogen-bond acceptors (Lipinski definition) is 1. The van der Waals surface area contributed by atoms with Crippen molar-refractivity contribution < 1.29 is 0 Å². The molecule has 3 nitrogen and oxygen atoms in total. The highest BCUT2D eigenvalue weighted by molar-refractivity contribution is 9.10. The van der Waals surface area contributed by atoms with Crippen molar-refractivity contribution in [3.63, 3.8) is 0 Å². The predicted molar refractivity (Wildman–Crippen MR) is 100 cm³/mol. The Morgan fingerprint density at radius 3 is 2.78 bits per heavy atom. The summed E-state index contributed by atoms with van der Waals surface area (Å²) in [6, 6.07) is 18.5. The zero-order chi connectivity index (χ0) is 15.8. The molecule has 0 amide bonds. The summed E-state index contributed by atoms with van der Waals surface area (Å²) >= 11 is 3.46. The van der Waals surface area contributed by atoms with Gasteiger partial charge in [-0.15, -0.1) is 0 Å². The molecule has 0 saturated heterocycles. The van der Waals surface area contributed by atoms with Crippen LogP contribution in [0.4, 0.5) is 11.4 Å². The maximum Gasteiger partial charge on any atom is 0.198 e. The van der Waals surface area contributed by atoms with Gasteiger partial charge in [-0.1, -0.05) is 46.3 Å². The van der Waals surface area contributed by atoms with Crippen molar-refractivity contribution in [2.75, 3.05) is 5.32 Å². The molecule has 0 aliphatic heterocycles. The van der Waals surface area contributed by atoms with Crippen LogP contribution in [0.1, 0.15) is 11.1 Å². The van der Waals surface area contributed by atoms with E-state index in [1.807, 2.05) is 24.3 Å². The van der Waals surface area contributed by atoms with E-state index >= 15 is 0 Å². The van der Waals surface area contributed by atoms with Crippen molar-refractivity contribution in [3.05, 3.63) is 70.2 Å². The van der Waals surface area contributed by atoms with Crippen LogP contribution in [0.25, 0.3) is 10.8 Å². The molecule has 0 radical (unpaired) electrons. The molecular formula is C19H16BrN3. The minimum absolute atomic E-state index is 0.406. The average molecular weight is 366 g/mol. The van der Waals surface area contributed by atoms with Crippen LogP contribution >= 0.6 is 15.9 Å². The fourth-order valence-corrected chi connectivity index (χ4v) is 3.62. The van der Waals surface area contributed by atoms with E-state index in [-0.39, 0.29) is 0 Å². The molecule has 0 bridgehead atoms. The molecule has 1 aliphatic rings. The van der Waals surface area contributed by atoms with Gasteiger partial charge in [-0.05, 0) is 59.0 Å². The number of guanidine groups is 1. The topological polar surface area (TPSA) is 50.4 Å². The number of aryl methyl sites for hydroxylation is 2. The van der Waals surface area contributed by atoms with E-state index in [0.717, 1.165) is 28.7 Å². The number of halogens is 1. The van der Waals surface area contributed by atoms with Crippen molar-refractivity contribution in [2.45, 2.75) is 12.8 Å². The van der Waals surface area contributed by atoms with Gasteiger partial charge in [-0.2, -0.15) is 0 Å². The second-order valence-electron chi connectivity index (χ2n) is 5.71. The van der Waals surface area contributed by atoms with Crippen molar-refractivity contribution in [1.82, 2.24) is 0 Å². The van der Waals surface area contributed by atoms with Gasteiger partial charge in [0.05, 0.1) is 5.69 Å². The van der Waals surface area contributed by atoms with Crippen molar-refractivity contribution in [3.8, 4) is 0 Å². The molecule has 0 aromatic heterocycles. The van der Waals surface area contributed by atoms with E-state index in [0.29, 0.717) is 5.96 Å². The van der Waals surface area contributed by atoms with E-state index in [9.17, 15) is 0 Å². The monoisotopic (exact) mass is 365 g/mol. The second-order valence-corrected chi connectivity index (χ2v) is 6.63. The first-order chi connectivity index (χ1) is 11.2. The maximum atomic E-state index is 6.10. The van der Waals surface area contributed by atoms with Crippen LogP contribution < -0.4 is 11.1 Å². The largest absolute Gasteiger partial charge is 0.369 e. The summed E-state index contributed by atoms with van der Waals surface area (Å²) in [5.74, 6) is 0.406. The molecular weight excluding hydrogens is 350 g/mol. The second kappa shape index (κ2) is 5.70. The van der Waals surface area contributed by atoms with Crippen LogP contribution in [-0.2, 0) is 12.8 Å². The van der Waals surface area contributed by atoms with E-state index in [1.165, 1.54) is 21.9 Å². The number of benzene rings is 3. The molecule has 23 heavy (non-hydrogen) atoms. The zero-order valence-electron chi connectivity index (χ0n) is 12.5. The third-order valence-corrected chi connectivity index (χ3v) is 4.69. The number of anilines is 1. The number of aliphatic imine (C=N–C) groups is 1. The molecule has 0 fully saturated rings. The standard InChI is InChI=1S/C19H16BrN3/c20-14-5-2-6-15(11-14)22-19(21)23-17-10-8-13-4-1-3-12-7-9-16(17)18(12)13/h1-6,8,10-11H,7,9H2,(H3,21,22,23). The lowest BCUT2D eigenvalue weighted by atomic mass is 10.0. The fourth-order valence-electron chi connectivity index (χ4n) is 3.22. The highest BCUT2D eigenvalue weighted by Crippen LogP contribution is 2.36. The molecule has 3 aromatic rings. The van der Waals surface area contributed by atoms with Crippen LogP contribution in [0.3, 0.4) is 0 Å². The summed E-state index contributed by atoms with van der Waals surface area (Å²) in [6.07, 6.45) is 2.11. The summed E-state index contributed by atoms with van der Waals surface area (Å²) in [5, 5.41) is 5.78. The first-order valence-electron chi connectivity index (χ1n) is 7.61. The normalized spacial score (nSPS) is 13.5. The Bertz CT molecular complexity index is 931. The molecule has 3 N–H and O–H groups in total. The van der Waals surface area contributed by atoms with E-state index < -0.39 is 0 Å². The van der Waals surface area contributed by atoms with E-state index in [1.54, 1.807) is 0 Å². The van der Waals surface area contributed by atoms with Crippen LogP contribution in [0.5, 0.6) is 0 Å². The minimum Gasteiger partial charge on any atom is -0.369 e. The van der Waals surface area contributed by atoms with Gasteiger partial charge in [-0.3, -0.25) is 0 Å². The smallest absolute Gasteiger partial charge is 0.198 e. The SMILES string of the molecule is NC(=Nc1ccc2cccc3c2c1CC3)Nc1cccc(Br)c1. The Kier molecular flexibility index (Phi) is 3.54. The molecule has 0 atom stereocenters. The third-order valence-electron chi connectivity index (χ3n) is 4.20. The van der Waals surface area contributed by atoms with Crippen LogP contribution in [0.2, 0.25) is 0 Å². The molecule has 0 unspecified atom stereocenters. The number of hydrogen-bond donors (Lipinski definition) is 2. The molecule has 4 rings (SSSR count). The van der Waals surface area contributed by atoms with Crippen LogP contribution in [0, 0.1) is 0 Å². The molecule has 114 valence electrons. The molecule has 1 aliphatic carbocycles. The Labute approximate surface area is 143 Å². The zero-order valence-corrected chi connectivity index (χ0v) is 14.1. The molecule has 3 aromatic carbocycles. The highest BCUT2D eigenvalue weighted by atomic mass is 79.9. The number of rotatable bonds is 2. The molecule has 0 saturated carbocycles. The summed E-state index contributed by atoms with van der Waals surface area (Å²) in [5.41, 5.74) is 10.7. The number of nitrogens with two attached hydrogens (primary N) is 1. The van der Waals surface area contributed by atoms with Crippen LogP contribution in [-0.4, -0.2) is 5.96 Å². The maximum absolute atomic E-state index is 6.10. The van der Waals surface area contributed by atoms with Gasteiger partial charge >= 0.3 is 0 Å². The Morgan fingerprint density at radius 2 is 1.91 bits per heavy atom. The summed E-state index contributed by atoms with van der Waals surface area (Å²) in [4.78, 5) is 4.61. The summed E-state index contributed by atoms with van der Waals surface area (Å²) < 4.78 is 1.00. The van der Waals surface area contributed by atoms with Gasteiger partial charge in [0.25, 0.3) is 0 Å².